The van der Waals surface area contributed by atoms with Crippen molar-refractivity contribution in [2.45, 2.75) is 0 Å². The van der Waals surface area contributed by atoms with Crippen LogP contribution in [0.4, 0.5) is 4.79 Å². The Morgan fingerprint density at radius 2 is 2.13 bits per heavy atom. The SMILES string of the molecule is O=C1NC(=O)C(=C(c2ccc3ncncc3c2)c2ccco2)S1. The number of carbonyl (C=O) groups excluding carboxylic acids is 2. The highest BCUT2D eigenvalue weighted by Gasteiger charge is 2.30. The topological polar surface area (TPSA) is 85.1 Å². The zero-order valence-electron chi connectivity index (χ0n) is 11.6. The first-order valence-electron chi connectivity index (χ1n) is 6.74. The molecule has 4 rings (SSSR count). The van der Waals surface area contributed by atoms with Crippen LogP contribution in [0.2, 0.25) is 0 Å². The van der Waals surface area contributed by atoms with E-state index >= 15 is 0 Å². The summed E-state index contributed by atoms with van der Waals surface area (Å²) in [5.74, 6) is 0.101. The van der Waals surface area contributed by atoms with Crippen molar-refractivity contribution in [1.82, 2.24) is 15.3 Å². The Hall–Kier alpha value is -2.93. The average Bonchev–Trinajstić information content (AvgIpc) is 3.18. The van der Waals surface area contributed by atoms with Crippen molar-refractivity contribution >= 4 is 39.4 Å². The van der Waals surface area contributed by atoms with Gasteiger partial charge in [0.05, 0.1) is 16.7 Å². The Kier molecular flexibility index (Phi) is 3.20. The normalized spacial score (nSPS) is 16.7. The number of carbonyl (C=O) groups is 2. The number of imide groups is 1. The molecule has 1 aliphatic rings. The van der Waals surface area contributed by atoms with Crippen molar-refractivity contribution in [3.05, 3.63) is 65.3 Å². The fourth-order valence-electron chi connectivity index (χ4n) is 2.42. The predicted octanol–water partition coefficient (Wildman–Crippen LogP) is 2.97. The smallest absolute Gasteiger partial charge is 0.290 e. The largest absolute Gasteiger partial charge is 0.464 e. The third-order valence-electron chi connectivity index (χ3n) is 3.40. The lowest BCUT2D eigenvalue weighted by Gasteiger charge is -2.08. The van der Waals surface area contributed by atoms with Gasteiger partial charge in [0.1, 0.15) is 12.1 Å². The summed E-state index contributed by atoms with van der Waals surface area (Å²) in [6, 6.07) is 9.05. The zero-order chi connectivity index (χ0) is 15.8. The monoisotopic (exact) mass is 323 g/mol. The molecule has 6 nitrogen and oxygen atoms in total. The summed E-state index contributed by atoms with van der Waals surface area (Å²) in [4.78, 5) is 32.1. The van der Waals surface area contributed by atoms with Gasteiger partial charge in [-0.15, -0.1) is 0 Å². The summed E-state index contributed by atoms with van der Waals surface area (Å²) in [6.07, 6.45) is 4.70. The Balaban J connectivity index is 1.96. The van der Waals surface area contributed by atoms with Gasteiger partial charge in [-0.3, -0.25) is 14.9 Å². The van der Waals surface area contributed by atoms with E-state index in [-0.39, 0.29) is 0 Å². The predicted molar refractivity (Wildman–Crippen MR) is 85.4 cm³/mol. The van der Waals surface area contributed by atoms with Crippen molar-refractivity contribution in [2.24, 2.45) is 0 Å². The second-order valence-electron chi connectivity index (χ2n) is 4.82. The van der Waals surface area contributed by atoms with E-state index in [9.17, 15) is 9.59 Å². The Morgan fingerprint density at radius 1 is 1.22 bits per heavy atom. The number of thioether (sulfide) groups is 1. The Morgan fingerprint density at radius 3 is 2.87 bits per heavy atom. The molecule has 0 unspecified atom stereocenters. The van der Waals surface area contributed by atoms with E-state index in [0.717, 1.165) is 28.2 Å². The molecular formula is C16H9N3O3S. The number of furan rings is 1. The summed E-state index contributed by atoms with van der Waals surface area (Å²) < 4.78 is 5.46. The van der Waals surface area contributed by atoms with E-state index in [4.69, 9.17) is 4.42 Å². The molecule has 0 radical (unpaired) electrons. The molecule has 3 aromatic rings. The quantitative estimate of drug-likeness (QED) is 0.730. The zero-order valence-corrected chi connectivity index (χ0v) is 12.5. The molecule has 1 N–H and O–H groups in total. The minimum Gasteiger partial charge on any atom is -0.464 e. The van der Waals surface area contributed by atoms with Crippen LogP contribution >= 0.6 is 11.8 Å². The van der Waals surface area contributed by atoms with Gasteiger partial charge >= 0.3 is 0 Å². The van der Waals surface area contributed by atoms with Crippen molar-refractivity contribution in [2.75, 3.05) is 0 Å². The van der Waals surface area contributed by atoms with Crippen molar-refractivity contribution in [3.63, 3.8) is 0 Å². The summed E-state index contributed by atoms with van der Waals surface area (Å²) in [5, 5.41) is 2.72. The van der Waals surface area contributed by atoms with Crippen LogP contribution < -0.4 is 5.32 Å². The third kappa shape index (κ3) is 2.40. The van der Waals surface area contributed by atoms with Gasteiger partial charge in [-0.25, -0.2) is 9.97 Å². The van der Waals surface area contributed by atoms with Crippen LogP contribution in [0.5, 0.6) is 0 Å². The van der Waals surface area contributed by atoms with Crippen LogP contribution in [0.25, 0.3) is 16.5 Å². The van der Waals surface area contributed by atoms with Gasteiger partial charge in [-0.1, -0.05) is 6.07 Å². The molecule has 0 atom stereocenters. The van der Waals surface area contributed by atoms with E-state index in [2.05, 4.69) is 15.3 Å². The highest BCUT2D eigenvalue weighted by Crippen LogP contribution is 2.36. The maximum absolute atomic E-state index is 12.1. The molecule has 2 amide bonds. The lowest BCUT2D eigenvalue weighted by Crippen LogP contribution is -2.18. The molecule has 1 aromatic carbocycles. The molecule has 1 saturated heterocycles. The van der Waals surface area contributed by atoms with Gasteiger partial charge in [0.2, 0.25) is 0 Å². The number of fused-ring (bicyclic) bond motifs is 1. The molecule has 3 heterocycles. The Bertz CT molecular complexity index is 964. The van der Waals surface area contributed by atoms with Gasteiger partial charge in [-0.05, 0) is 41.6 Å². The van der Waals surface area contributed by atoms with Crippen molar-refractivity contribution in [1.29, 1.82) is 0 Å². The second kappa shape index (κ2) is 5.36. The minimum absolute atomic E-state index is 0.321. The molecule has 112 valence electrons. The van der Waals surface area contributed by atoms with Crippen molar-refractivity contribution in [3.8, 4) is 0 Å². The lowest BCUT2D eigenvalue weighted by atomic mass is 10.0. The first-order chi connectivity index (χ1) is 11.2. The fraction of sp³-hybridized carbons (Fsp3) is 0. The maximum atomic E-state index is 12.1. The first kappa shape index (κ1) is 13.7. The second-order valence-corrected chi connectivity index (χ2v) is 5.80. The molecule has 1 aliphatic heterocycles. The molecule has 0 saturated carbocycles. The van der Waals surface area contributed by atoms with Crippen molar-refractivity contribution < 1.29 is 14.0 Å². The number of aromatic nitrogens is 2. The molecule has 7 heteroatoms. The summed E-state index contributed by atoms with van der Waals surface area (Å²) in [7, 11) is 0. The highest BCUT2D eigenvalue weighted by molar-refractivity contribution is 8.18. The van der Waals surface area contributed by atoms with E-state index in [1.165, 1.54) is 12.6 Å². The summed E-state index contributed by atoms with van der Waals surface area (Å²) in [6.45, 7) is 0. The van der Waals surface area contributed by atoms with E-state index in [0.29, 0.717) is 16.2 Å². The van der Waals surface area contributed by atoms with Crippen LogP contribution in [0, 0.1) is 0 Å². The number of rotatable bonds is 2. The van der Waals surface area contributed by atoms with E-state index in [1.54, 1.807) is 18.3 Å². The van der Waals surface area contributed by atoms with Gasteiger partial charge in [0.15, 0.2) is 0 Å². The standard InChI is InChI=1S/C16H9N3O3S/c20-15-14(23-16(21)19-15)13(12-2-1-5-22-12)9-3-4-11-10(6-9)7-17-8-18-11/h1-8H,(H,19,20,21). The number of nitrogens with one attached hydrogen (secondary N) is 1. The van der Waals surface area contributed by atoms with Crippen LogP contribution in [0.15, 0.2) is 58.4 Å². The van der Waals surface area contributed by atoms with Crippen LogP contribution in [0.1, 0.15) is 11.3 Å². The molecule has 23 heavy (non-hydrogen) atoms. The van der Waals surface area contributed by atoms with Crippen LogP contribution in [-0.4, -0.2) is 21.1 Å². The lowest BCUT2D eigenvalue weighted by molar-refractivity contribution is -0.115. The van der Waals surface area contributed by atoms with Crippen LogP contribution in [-0.2, 0) is 4.79 Å². The number of hydrogen-bond donors (Lipinski definition) is 1. The molecule has 1 fully saturated rings. The molecular weight excluding hydrogens is 314 g/mol. The third-order valence-corrected chi connectivity index (χ3v) is 4.29. The highest BCUT2D eigenvalue weighted by atomic mass is 32.2. The number of amides is 2. The van der Waals surface area contributed by atoms with Crippen LogP contribution in [0.3, 0.4) is 0 Å². The number of nitrogens with zero attached hydrogens (tertiary/aromatic N) is 2. The first-order valence-corrected chi connectivity index (χ1v) is 7.55. The average molecular weight is 323 g/mol. The molecule has 0 bridgehead atoms. The number of benzene rings is 1. The fourth-order valence-corrected chi connectivity index (χ4v) is 3.22. The molecule has 0 aliphatic carbocycles. The number of hydrogen-bond acceptors (Lipinski definition) is 6. The van der Waals surface area contributed by atoms with E-state index in [1.807, 2.05) is 18.2 Å². The maximum Gasteiger partial charge on any atom is 0.290 e. The minimum atomic E-state index is -0.421. The summed E-state index contributed by atoms with van der Waals surface area (Å²) >= 11 is 0.869. The molecule has 0 spiro atoms. The Labute approximate surface area is 134 Å². The van der Waals surface area contributed by atoms with Gasteiger partial charge < -0.3 is 4.42 Å². The van der Waals surface area contributed by atoms with E-state index < -0.39 is 11.1 Å². The van der Waals surface area contributed by atoms with Gasteiger partial charge in [0.25, 0.3) is 11.1 Å². The van der Waals surface area contributed by atoms with Gasteiger partial charge in [0, 0.05) is 17.2 Å². The summed E-state index contributed by atoms with van der Waals surface area (Å²) in [5.41, 5.74) is 2.14. The van der Waals surface area contributed by atoms with Gasteiger partial charge in [-0.2, -0.15) is 0 Å². The molecule has 2 aromatic heterocycles.